The minimum absolute atomic E-state index is 0.132. The first-order valence-electron chi connectivity index (χ1n) is 9.47. The van der Waals surface area contributed by atoms with Gasteiger partial charge in [0.15, 0.2) is 0 Å². The molecule has 0 spiro atoms. The summed E-state index contributed by atoms with van der Waals surface area (Å²) in [5, 5.41) is 18.0. The molecule has 3 nitrogen and oxygen atoms in total. The Morgan fingerprint density at radius 2 is 1.32 bits per heavy atom. The molecule has 0 aromatic carbocycles. The van der Waals surface area contributed by atoms with Crippen molar-refractivity contribution in [2.45, 2.75) is 71.1 Å². The minimum atomic E-state index is -0.991. The normalized spacial score (nSPS) is 13.1. The first-order valence-corrected chi connectivity index (χ1v) is 9.47. The van der Waals surface area contributed by atoms with E-state index < -0.39 is 5.97 Å². The SMILES string of the molecule is CCCCCCCCCCCC=CC=CC(O)=CC=CC=CC(=O)O. The van der Waals surface area contributed by atoms with Gasteiger partial charge in [-0.05, 0) is 25.0 Å². The molecule has 0 aromatic rings. The predicted octanol–water partition coefficient (Wildman–Crippen LogP) is 6.66. The van der Waals surface area contributed by atoms with Gasteiger partial charge in [-0.25, -0.2) is 4.79 Å². The molecule has 140 valence electrons. The van der Waals surface area contributed by atoms with Crippen molar-refractivity contribution < 1.29 is 15.0 Å². The fourth-order valence-electron chi connectivity index (χ4n) is 2.31. The van der Waals surface area contributed by atoms with Gasteiger partial charge in [-0.1, -0.05) is 94.7 Å². The zero-order valence-corrected chi connectivity index (χ0v) is 15.6. The summed E-state index contributed by atoms with van der Waals surface area (Å²) in [5.74, 6) is -0.859. The smallest absolute Gasteiger partial charge is 0.328 e. The second kappa shape index (κ2) is 18.3. The Hall–Kier alpha value is -2.03. The standard InChI is InChI=1S/C22H34O3/c1-2-3-4-5-6-7-8-9-10-11-12-13-15-18-21(23)19-16-14-17-20-22(24)25/h12-20,23H,2-11H2,1H3,(H,24,25). The van der Waals surface area contributed by atoms with E-state index in [2.05, 4.69) is 13.0 Å². The van der Waals surface area contributed by atoms with Crippen LogP contribution in [0.25, 0.3) is 0 Å². The van der Waals surface area contributed by atoms with Crippen molar-refractivity contribution in [2.24, 2.45) is 0 Å². The second-order valence-corrected chi connectivity index (χ2v) is 6.08. The third-order valence-electron chi connectivity index (χ3n) is 3.72. The molecular formula is C22H34O3. The van der Waals surface area contributed by atoms with Crippen LogP contribution in [-0.2, 0) is 4.79 Å². The molecule has 0 saturated heterocycles. The number of aliphatic hydroxyl groups excluding tert-OH is 1. The van der Waals surface area contributed by atoms with Crippen molar-refractivity contribution in [2.75, 3.05) is 0 Å². The number of aliphatic carboxylic acids is 1. The quantitative estimate of drug-likeness (QED) is 0.151. The molecule has 2 N–H and O–H groups in total. The van der Waals surface area contributed by atoms with Gasteiger partial charge in [-0.3, -0.25) is 0 Å². The minimum Gasteiger partial charge on any atom is -0.508 e. The Morgan fingerprint density at radius 1 is 0.720 bits per heavy atom. The highest BCUT2D eigenvalue weighted by Crippen LogP contribution is 2.10. The highest BCUT2D eigenvalue weighted by molar-refractivity contribution is 5.80. The molecule has 0 fully saturated rings. The van der Waals surface area contributed by atoms with E-state index in [0.29, 0.717) is 0 Å². The van der Waals surface area contributed by atoms with Gasteiger partial charge in [0.1, 0.15) is 5.76 Å². The summed E-state index contributed by atoms with van der Waals surface area (Å²) in [6.45, 7) is 2.25. The van der Waals surface area contributed by atoms with Crippen LogP contribution >= 0.6 is 0 Å². The predicted molar refractivity (Wildman–Crippen MR) is 107 cm³/mol. The molecule has 0 aromatic heterocycles. The maximum absolute atomic E-state index is 10.2. The molecule has 0 unspecified atom stereocenters. The lowest BCUT2D eigenvalue weighted by Crippen LogP contribution is -1.84. The van der Waals surface area contributed by atoms with Crippen molar-refractivity contribution in [3.63, 3.8) is 0 Å². The summed E-state index contributed by atoms with van der Waals surface area (Å²) >= 11 is 0. The third-order valence-corrected chi connectivity index (χ3v) is 3.72. The number of hydrogen-bond acceptors (Lipinski definition) is 2. The lowest BCUT2D eigenvalue weighted by Gasteiger charge is -2.00. The third kappa shape index (κ3) is 19.9. The average molecular weight is 347 g/mol. The first kappa shape index (κ1) is 23.0. The van der Waals surface area contributed by atoms with Gasteiger partial charge in [-0.2, -0.15) is 0 Å². The molecule has 0 bridgehead atoms. The van der Waals surface area contributed by atoms with Crippen LogP contribution in [0.3, 0.4) is 0 Å². The summed E-state index contributed by atoms with van der Waals surface area (Å²) < 4.78 is 0. The maximum Gasteiger partial charge on any atom is 0.328 e. The number of allylic oxidation sites excluding steroid dienone is 8. The summed E-state index contributed by atoms with van der Waals surface area (Å²) in [5.41, 5.74) is 0. The summed E-state index contributed by atoms with van der Waals surface area (Å²) in [6, 6.07) is 0. The van der Waals surface area contributed by atoms with Gasteiger partial charge in [0.25, 0.3) is 0 Å². The molecule has 25 heavy (non-hydrogen) atoms. The van der Waals surface area contributed by atoms with Crippen molar-refractivity contribution in [3.05, 3.63) is 60.4 Å². The molecule has 0 aliphatic carbocycles. The van der Waals surface area contributed by atoms with E-state index in [0.717, 1.165) is 12.5 Å². The van der Waals surface area contributed by atoms with Gasteiger partial charge in [0, 0.05) is 6.08 Å². The number of aliphatic hydroxyl groups is 1. The second-order valence-electron chi connectivity index (χ2n) is 6.08. The topological polar surface area (TPSA) is 57.5 Å². The van der Waals surface area contributed by atoms with Crippen molar-refractivity contribution in [1.29, 1.82) is 0 Å². The van der Waals surface area contributed by atoms with Crippen molar-refractivity contribution in [3.8, 4) is 0 Å². The van der Waals surface area contributed by atoms with Gasteiger partial charge in [0.2, 0.25) is 0 Å². The van der Waals surface area contributed by atoms with E-state index in [9.17, 15) is 9.90 Å². The van der Waals surface area contributed by atoms with Crippen LogP contribution in [-0.4, -0.2) is 16.2 Å². The molecule has 0 radical (unpaired) electrons. The Bertz CT molecular complexity index is 468. The molecular weight excluding hydrogens is 312 g/mol. The molecule has 0 aliphatic heterocycles. The van der Waals surface area contributed by atoms with Crippen LogP contribution in [0.1, 0.15) is 71.1 Å². The largest absolute Gasteiger partial charge is 0.508 e. The summed E-state index contributed by atoms with van der Waals surface area (Å²) in [4.78, 5) is 10.2. The summed E-state index contributed by atoms with van der Waals surface area (Å²) in [7, 11) is 0. The van der Waals surface area contributed by atoms with E-state index in [1.807, 2.05) is 6.08 Å². The van der Waals surface area contributed by atoms with E-state index in [4.69, 9.17) is 5.11 Å². The van der Waals surface area contributed by atoms with E-state index in [1.165, 1.54) is 69.9 Å². The van der Waals surface area contributed by atoms with Gasteiger partial charge in [-0.15, -0.1) is 0 Å². The Kier molecular flexibility index (Phi) is 16.8. The van der Waals surface area contributed by atoms with Gasteiger partial charge >= 0.3 is 5.97 Å². The van der Waals surface area contributed by atoms with Crippen LogP contribution in [0.5, 0.6) is 0 Å². The maximum atomic E-state index is 10.2. The molecule has 3 heteroatoms. The zero-order valence-electron chi connectivity index (χ0n) is 15.6. The van der Waals surface area contributed by atoms with E-state index in [1.54, 1.807) is 24.3 Å². The van der Waals surface area contributed by atoms with Crippen LogP contribution in [0.4, 0.5) is 0 Å². The van der Waals surface area contributed by atoms with Crippen molar-refractivity contribution in [1.82, 2.24) is 0 Å². The van der Waals surface area contributed by atoms with Crippen LogP contribution in [0.15, 0.2) is 60.4 Å². The van der Waals surface area contributed by atoms with Crippen LogP contribution in [0, 0.1) is 0 Å². The summed E-state index contributed by atoms with van der Waals surface area (Å²) in [6.07, 6.45) is 27.7. The Morgan fingerprint density at radius 3 is 1.96 bits per heavy atom. The fraction of sp³-hybridized carbons (Fsp3) is 0.500. The monoisotopic (exact) mass is 346 g/mol. The molecule has 0 saturated carbocycles. The van der Waals surface area contributed by atoms with Gasteiger partial charge in [0.05, 0.1) is 0 Å². The highest BCUT2D eigenvalue weighted by Gasteiger charge is 1.91. The van der Waals surface area contributed by atoms with Crippen molar-refractivity contribution >= 4 is 5.97 Å². The zero-order chi connectivity index (χ0) is 18.6. The molecule has 0 rings (SSSR count). The van der Waals surface area contributed by atoms with E-state index >= 15 is 0 Å². The number of hydrogen-bond donors (Lipinski definition) is 2. The first-order chi connectivity index (χ1) is 12.2. The average Bonchev–Trinajstić information content (AvgIpc) is 2.58. The fourth-order valence-corrected chi connectivity index (χ4v) is 2.31. The highest BCUT2D eigenvalue weighted by atomic mass is 16.4. The van der Waals surface area contributed by atoms with Crippen LogP contribution < -0.4 is 0 Å². The number of carbonyl (C=O) groups is 1. The Balaban J connectivity index is 3.63. The van der Waals surface area contributed by atoms with E-state index in [-0.39, 0.29) is 5.76 Å². The molecule has 0 atom stereocenters. The number of rotatable bonds is 15. The number of carboxylic acid groups (broad SMARTS) is 1. The molecule has 0 heterocycles. The lowest BCUT2D eigenvalue weighted by molar-refractivity contribution is -0.131. The van der Waals surface area contributed by atoms with Gasteiger partial charge < -0.3 is 10.2 Å². The number of carboxylic acids is 1. The van der Waals surface area contributed by atoms with Crippen LogP contribution in [0.2, 0.25) is 0 Å². The molecule has 0 aliphatic rings. The Labute approximate surface area is 153 Å². The lowest BCUT2D eigenvalue weighted by atomic mass is 10.1. The molecule has 0 amide bonds. The number of unbranched alkanes of at least 4 members (excludes halogenated alkanes) is 9.